The van der Waals surface area contributed by atoms with Crippen LogP contribution in [0.15, 0.2) is 53.1 Å². The average molecular weight is 419 g/mol. The van der Waals surface area contributed by atoms with Crippen LogP contribution in [0.4, 0.5) is 5.00 Å². The minimum absolute atomic E-state index is 0.144. The number of rotatable bonds is 5. The van der Waals surface area contributed by atoms with Gasteiger partial charge < -0.3 is 15.5 Å². The number of benzene rings is 2. The predicted octanol–water partition coefficient (Wildman–Crippen LogP) is 5.37. The van der Waals surface area contributed by atoms with Gasteiger partial charge in [0.1, 0.15) is 10.6 Å². The number of hydrogen-bond donors (Lipinski definition) is 2. The van der Waals surface area contributed by atoms with E-state index in [2.05, 4.69) is 5.32 Å². The van der Waals surface area contributed by atoms with Gasteiger partial charge in [-0.05, 0) is 49.6 Å². The van der Waals surface area contributed by atoms with Gasteiger partial charge in [0.2, 0.25) is 5.91 Å². The van der Waals surface area contributed by atoms with Crippen molar-refractivity contribution in [2.75, 3.05) is 5.32 Å². The van der Waals surface area contributed by atoms with Gasteiger partial charge in [0.25, 0.3) is 5.91 Å². The first kappa shape index (κ1) is 19.9. The Balaban J connectivity index is 1.64. The smallest absolute Gasteiger partial charge is 0.252 e. The van der Waals surface area contributed by atoms with Crippen LogP contribution in [-0.4, -0.2) is 11.8 Å². The van der Waals surface area contributed by atoms with Crippen LogP contribution in [0.1, 0.15) is 31.9 Å². The minimum atomic E-state index is -0.562. The standard InChI is InChI=1S/C24H22N2O3S/c1-13-9-18-17(12-29-19(18)10-14(13)2)11-20(27)26-24-22(23(25)28)21(15(3)30-24)16-7-5-4-6-8-16/h4-10,12H,11H2,1-3H3,(H2,25,28)(H,26,27). The van der Waals surface area contributed by atoms with E-state index < -0.39 is 5.91 Å². The first-order valence-corrected chi connectivity index (χ1v) is 10.4. The summed E-state index contributed by atoms with van der Waals surface area (Å²) in [6, 6.07) is 13.6. The first-order chi connectivity index (χ1) is 14.3. The lowest BCUT2D eigenvalue weighted by atomic mass is 10.0. The number of amides is 2. The Kier molecular flexibility index (Phi) is 5.18. The summed E-state index contributed by atoms with van der Waals surface area (Å²) in [6.07, 6.45) is 1.76. The van der Waals surface area contributed by atoms with Crippen LogP contribution < -0.4 is 11.1 Å². The number of nitrogens with two attached hydrogens (primary N) is 1. The van der Waals surface area contributed by atoms with Crippen LogP contribution in [0.2, 0.25) is 0 Å². The van der Waals surface area contributed by atoms with E-state index in [0.717, 1.165) is 43.7 Å². The number of anilines is 1. The summed E-state index contributed by atoms with van der Waals surface area (Å²) in [7, 11) is 0. The predicted molar refractivity (Wildman–Crippen MR) is 121 cm³/mol. The van der Waals surface area contributed by atoms with Gasteiger partial charge in [-0.2, -0.15) is 0 Å². The normalized spacial score (nSPS) is 11.0. The highest BCUT2D eigenvalue weighted by Crippen LogP contribution is 2.39. The minimum Gasteiger partial charge on any atom is -0.464 e. The van der Waals surface area contributed by atoms with Crippen molar-refractivity contribution >= 4 is 39.1 Å². The van der Waals surface area contributed by atoms with E-state index in [1.54, 1.807) is 6.26 Å². The fraction of sp³-hybridized carbons (Fsp3) is 0.167. The number of fused-ring (bicyclic) bond motifs is 1. The molecule has 152 valence electrons. The largest absolute Gasteiger partial charge is 0.464 e. The van der Waals surface area contributed by atoms with Crippen LogP contribution in [0.5, 0.6) is 0 Å². The molecule has 4 aromatic rings. The molecule has 0 unspecified atom stereocenters. The highest BCUT2D eigenvalue weighted by Gasteiger charge is 2.23. The summed E-state index contributed by atoms with van der Waals surface area (Å²) >= 11 is 1.36. The molecule has 5 nitrogen and oxygen atoms in total. The van der Waals surface area contributed by atoms with E-state index in [4.69, 9.17) is 10.2 Å². The van der Waals surface area contributed by atoms with Gasteiger partial charge in [-0.15, -0.1) is 11.3 Å². The lowest BCUT2D eigenvalue weighted by Gasteiger charge is -2.07. The molecule has 0 aliphatic heterocycles. The van der Waals surface area contributed by atoms with Crippen molar-refractivity contribution in [2.45, 2.75) is 27.2 Å². The summed E-state index contributed by atoms with van der Waals surface area (Å²) in [4.78, 5) is 26.0. The van der Waals surface area contributed by atoms with Gasteiger partial charge in [-0.3, -0.25) is 9.59 Å². The van der Waals surface area contributed by atoms with Gasteiger partial charge in [-0.25, -0.2) is 0 Å². The maximum Gasteiger partial charge on any atom is 0.252 e. The molecule has 2 amide bonds. The second-order valence-corrected chi connectivity index (χ2v) is 8.61. The zero-order chi connectivity index (χ0) is 21.4. The van der Waals surface area contributed by atoms with Gasteiger partial charge in [0, 0.05) is 21.4 Å². The van der Waals surface area contributed by atoms with Crippen LogP contribution >= 0.6 is 11.3 Å². The Labute approximate surface area is 178 Å². The maximum absolute atomic E-state index is 12.8. The van der Waals surface area contributed by atoms with Crippen LogP contribution in [0, 0.1) is 20.8 Å². The second-order valence-electron chi connectivity index (χ2n) is 7.39. The first-order valence-electron chi connectivity index (χ1n) is 9.61. The van der Waals surface area contributed by atoms with Crippen molar-refractivity contribution in [1.29, 1.82) is 0 Å². The van der Waals surface area contributed by atoms with Gasteiger partial charge in [0.15, 0.2) is 0 Å². The molecule has 4 rings (SSSR count). The Hall–Kier alpha value is -3.38. The second kappa shape index (κ2) is 7.80. The molecule has 0 fully saturated rings. The number of thiophene rings is 1. The summed E-state index contributed by atoms with van der Waals surface area (Å²) < 4.78 is 5.63. The molecule has 2 aromatic carbocycles. The van der Waals surface area contributed by atoms with Crippen molar-refractivity contribution in [3.8, 4) is 11.1 Å². The monoisotopic (exact) mass is 418 g/mol. The molecule has 0 radical (unpaired) electrons. The zero-order valence-corrected chi connectivity index (χ0v) is 17.9. The lowest BCUT2D eigenvalue weighted by molar-refractivity contribution is -0.115. The molecule has 2 aromatic heterocycles. The summed E-state index contributed by atoms with van der Waals surface area (Å²) in [5.41, 5.74) is 11.5. The lowest BCUT2D eigenvalue weighted by Crippen LogP contribution is -2.18. The Morgan fingerprint density at radius 1 is 1.07 bits per heavy atom. The molecular formula is C24H22N2O3S. The summed E-state index contributed by atoms with van der Waals surface area (Å²) in [6.45, 7) is 5.98. The van der Waals surface area contributed by atoms with Crippen molar-refractivity contribution in [2.24, 2.45) is 5.73 Å². The van der Waals surface area contributed by atoms with Crippen molar-refractivity contribution in [1.82, 2.24) is 0 Å². The van der Waals surface area contributed by atoms with Gasteiger partial charge in [-0.1, -0.05) is 30.3 Å². The van der Waals surface area contributed by atoms with E-state index in [1.165, 1.54) is 11.3 Å². The van der Waals surface area contributed by atoms with Crippen molar-refractivity contribution in [3.05, 3.63) is 75.9 Å². The number of aryl methyl sites for hydroxylation is 3. The number of nitrogens with one attached hydrogen (secondary N) is 1. The van der Waals surface area contributed by atoms with E-state index in [0.29, 0.717) is 10.6 Å². The molecule has 0 aliphatic carbocycles. The fourth-order valence-corrected chi connectivity index (χ4v) is 4.73. The molecule has 0 spiro atoms. The number of furan rings is 1. The van der Waals surface area contributed by atoms with Gasteiger partial charge in [0.05, 0.1) is 18.2 Å². The van der Waals surface area contributed by atoms with Crippen molar-refractivity contribution < 1.29 is 14.0 Å². The number of hydrogen-bond acceptors (Lipinski definition) is 4. The molecule has 2 heterocycles. The Morgan fingerprint density at radius 3 is 2.47 bits per heavy atom. The summed E-state index contributed by atoms with van der Waals surface area (Å²) in [5.74, 6) is -0.785. The zero-order valence-electron chi connectivity index (χ0n) is 17.0. The molecule has 0 bridgehead atoms. The quantitative estimate of drug-likeness (QED) is 0.457. The van der Waals surface area contributed by atoms with E-state index in [1.807, 2.05) is 63.2 Å². The van der Waals surface area contributed by atoms with E-state index >= 15 is 0 Å². The third kappa shape index (κ3) is 3.62. The Morgan fingerprint density at radius 2 is 1.77 bits per heavy atom. The third-order valence-corrected chi connectivity index (χ3v) is 6.29. The van der Waals surface area contributed by atoms with Crippen LogP contribution in [-0.2, 0) is 11.2 Å². The molecule has 6 heteroatoms. The van der Waals surface area contributed by atoms with Crippen LogP contribution in [0.3, 0.4) is 0 Å². The van der Waals surface area contributed by atoms with E-state index in [9.17, 15) is 9.59 Å². The molecule has 0 atom stereocenters. The maximum atomic E-state index is 12.8. The number of carbonyl (C=O) groups excluding carboxylic acids is 2. The molecule has 3 N–H and O–H groups in total. The average Bonchev–Trinajstić information content (AvgIpc) is 3.23. The number of carbonyl (C=O) groups is 2. The highest BCUT2D eigenvalue weighted by atomic mass is 32.1. The molecule has 0 saturated heterocycles. The fourth-order valence-electron chi connectivity index (χ4n) is 3.64. The molecular weight excluding hydrogens is 396 g/mol. The topological polar surface area (TPSA) is 85.3 Å². The van der Waals surface area contributed by atoms with Crippen molar-refractivity contribution in [3.63, 3.8) is 0 Å². The molecule has 0 aliphatic rings. The highest BCUT2D eigenvalue weighted by molar-refractivity contribution is 7.17. The number of primary amides is 1. The van der Waals surface area contributed by atoms with Crippen LogP contribution in [0.25, 0.3) is 22.1 Å². The summed E-state index contributed by atoms with van der Waals surface area (Å²) in [5, 5.41) is 4.29. The molecule has 0 saturated carbocycles. The molecule has 30 heavy (non-hydrogen) atoms. The Bertz CT molecular complexity index is 1270. The SMILES string of the molecule is Cc1cc2occ(CC(=O)Nc3sc(C)c(-c4ccccc4)c3C(N)=O)c2cc1C. The van der Waals surface area contributed by atoms with Gasteiger partial charge >= 0.3 is 0 Å². The van der Waals surface area contributed by atoms with E-state index in [-0.39, 0.29) is 12.3 Å². The third-order valence-electron chi connectivity index (χ3n) is 5.27.